The number of nitrogens with zero attached hydrogens (tertiary/aromatic N) is 1. The first-order chi connectivity index (χ1) is 12.8. The van der Waals surface area contributed by atoms with Crippen molar-refractivity contribution in [3.05, 3.63) is 59.7 Å². The zero-order valence-electron chi connectivity index (χ0n) is 14.3. The van der Waals surface area contributed by atoms with Gasteiger partial charge in [0.1, 0.15) is 12.4 Å². The Bertz CT molecular complexity index is 866. The number of carbonyl (C=O) groups is 2. The van der Waals surface area contributed by atoms with Gasteiger partial charge in [0.15, 0.2) is 0 Å². The van der Waals surface area contributed by atoms with Gasteiger partial charge in [-0.2, -0.15) is 13.2 Å². The molecule has 0 aromatic heterocycles. The second-order valence-electron chi connectivity index (χ2n) is 5.97. The van der Waals surface area contributed by atoms with Gasteiger partial charge in [0.05, 0.1) is 30.8 Å². The van der Waals surface area contributed by atoms with E-state index in [0.29, 0.717) is 11.4 Å². The fourth-order valence-electron chi connectivity index (χ4n) is 2.90. The molecule has 0 fully saturated rings. The number of ether oxygens (including phenoxy) is 2. The molecule has 8 heteroatoms. The van der Waals surface area contributed by atoms with E-state index in [9.17, 15) is 22.8 Å². The molecule has 1 aliphatic heterocycles. The van der Waals surface area contributed by atoms with Gasteiger partial charge in [0.2, 0.25) is 0 Å². The van der Waals surface area contributed by atoms with E-state index in [1.165, 1.54) is 24.1 Å². The summed E-state index contributed by atoms with van der Waals surface area (Å²) in [5, 5.41) is 0. The molecule has 142 valence electrons. The highest BCUT2D eigenvalue weighted by Gasteiger charge is 2.36. The largest absolute Gasteiger partial charge is 0.489 e. The molecule has 0 bridgehead atoms. The van der Waals surface area contributed by atoms with Gasteiger partial charge in [-0.25, -0.2) is 0 Å². The number of alkyl halides is 3. The summed E-state index contributed by atoms with van der Waals surface area (Å²) < 4.78 is 49.3. The maximum atomic E-state index is 13.1. The number of halogens is 3. The van der Waals surface area contributed by atoms with E-state index in [0.717, 1.165) is 12.1 Å². The van der Waals surface area contributed by atoms with Gasteiger partial charge in [-0.15, -0.1) is 0 Å². The standard InChI is InChI=1S/C19H16F3NO4/c1-26-17(24)10-14-11-27-16-8-3-2-7-15(16)23(14)18(25)12-5-4-6-13(9-12)19(20,21)22/h2-9,14H,10-11H2,1H3/t14-/m1/s1. The predicted molar refractivity (Wildman–Crippen MR) is 90.6 cm³/mol. The van der Waals surface area contributed by atoms with Crippen LogP contribution in [0, 0.1) is 0 Å². The molecule has 0 aliphatic carbocycles. The quantitative estimate of drug-likeness (QED) is 0.764. The van der Waals surface area contributed by atoms with E-state index in [4.69, 9.17) is 4.74 Å². The number of anilines is 1. The molecule has 0 saturated carbocycles. The summed E-state index contributed by atoms with van der Waals surface area (Å²) in [6.45, 7) is 0.0246. The lowest BCUT2D eigenvalue weighted by atomic mass is 10.0. The van der Waals surface area contributed by atoms with Crippen LogP contribution in [0.15, 0.2) is 48.5 Å². The third kappa shape index (κ3) is 3.89. The summed E-state index contributed by atoms with van der Waals surface area (Å²) in [6, 6.07) is 10.1. The van der Waals surface area contributed by atoms with Gasteiger partial charge in [-0.1, -0.05) is 18.2 Å². The van der Waals surface area contributed by atoms with Crippen LogP contribution in [0.4, 0.5) is 18.9 Å². The Kier molecular flexibility index (Phi) is 5.07. The molecule has 0 saturated heterocycles. The highest BCUT2D eigenvalue weighted by Crippen LogP contribution is 2.36. The third-order valence-electron chi connectivity index (χ3n) is 4.21. The van der Waals surface area contributed by atoms with Crippen LogP contribution < -0.4 is 9.64 Å². The molecule has 2 aromatic rings. The monoisotopic (exact) mass is 379 g/mol. The Balaban J connectivity index is 2.02. The first kappa shape index (κ1) is 18.8. The lowest BCUT2D eigenvalue weighted by Crippen LogP contribution is -2.48. The minimum Gasteiger partial charge on any atom is -0.489 e. The second kappa shape index (κ2) is 7.30. The Morgan fingerprint density at radius 2 is 1.93 bits per heavy atom. The van der Waals surface area contributed by atoms with Crippen LogP contribution in [-0.4, -0.2) is 31.6 Å². The van der Waals surface area contributed by atoms with Crippen molar-refractivity contribution in [1.82, 2.24) is 0 Å². The molecule has 1 aliphatic rings. The Hall–Kier alpha value is -3.03. The van der Waals surface area contributed by atoms with Gasteiger partial charge >= 0.3 is 12.1 Å². The molecule has 5 nitrogen and oxygen atoms in total. The summed E-state index contributed by atoms with van der Waals surface area (Å²) in [5.41, 5.74) is -0.657. The number of esters is 1. The summed E-state index contributed by atoms with van der Waals surface area (Å²) in [4.78, 5) is 26.1. The number of carbonyl (C=O) groups excluding carboxylic acids is 2. The highest BCUT2D eigenvalue weighted by molar-refractivity contribution is 6.08. The molecule has 0 N–H and O–H groups in total. The van der Waals surface area contributed by atoms with Gasteiger partial charge in [0, 0.05) is 5.56 Å². The molecular formula is C19H16F3NO4. The van der Waals surface area contributed by atoms with Crippen LogP contribution in [0.3, 0.4) is 0 Å². The number of benzene rings is 2. The molecule has 0 unspecified atom stereocenters. The third-order valence-corrected chi connectivity index (χ3v) is 4.21. The second-order valence-corrected chi connectivity index (χ2v) is 5.97. The molecule has 0 radical (unpaired) electrons. The summed E-state index contributed by atoms with van der Waals surface area (Å²) >= 11 is 0. The van der Waals surface area contributed by atoms with Crippen LogP contribution >= 0.6 is 0 Å². The average molecular weight is 379 g/mol. The minimum atomic E-state index is -4.56. The van der Waals surface area contributed by atoms with E-state index in [2.05, 4.69) is 4.74 Å². The molecule has 1 heterocycles. The Morgan fingerprint density at radius 1 is 1.19 bits per heavy atom. The number of rotatable bonds is 3. The van der Waals surface area contributed by atoms with Crippen molar-refractivity contribution in [2.24, 2.45) is 0 Å². The molecule has 3 rings (SSSR count). The van der Waals surface area contributed by atoms with Crippen LogP contribution in [0.1, 0.15) is 22.3 Å². The fourth-order valence-corrected chi connectivity index (χ4v) is 2.90. The first-order valence-electron chi connectivity index (χ1n) is 8.10. The molecule has 1 amide bonds. The van der Waals surface area contributed by atoms with Crippen molar-refractivity contribution in [3.8, 4) is 5.75 Å². The first-order valence-corrected chi connectivity index (χ1v) is 8.10. The molecule has 2 aromatic carbocycles. The van der Waals surface area contributed by atoms with E-state index in [-0.39, 0.29) is 18.6 Å². The zero-order chi connectivity index (χ0) is 19.6. The number of methoxy groups -OCH3 is 1. The Morgan fingerprint density at radius 3 is 2.63 bits per heavy atom. The van der Waals surface area contributed by atoms with Crippen molar-refractivity contribution >= 4 is 17.6 Å². The maximum Gasteiger partial charge on any atom is 0.416 e. The van der Waals surface area contributed by atoms with Crippen molar-refractivity contribution in [2.45, 2.75) is 18.6 Å². The summed E-state index contributed by atoms with van der Waals surface area (Å²) in [6.07, 6.45) is -4.71. The molecule has 1 atom stereocenters. The van der Waals surface area contributed by atoms with Gasteiger partial charge < -0.3 is 9.47 Å². The van der Waals surface area contributed by atoms with E-state index >= 15 is 0 Å². The Labute approximate surface area is 153 Å². The number of para-hydroxylation sites is 2. The molecular weight excluding hydrogens is 363 g/mol. The number of hydrogen-bond donors (Lipinski definition) is 0. The summed E-state index contributed by atoms with van der Waals surface area (Å²) in [5.74, 6) is -0.783. The number of hydrogen-bond acceptors (Lipinski definition) is 4. The summed E-state index contributed by atoms with van der Waals surface area (Å²) in [7, 11) is 1.22. The molecule has 27 heavy (non-hydrogen) atoms. The van der Waals surface area contributed by atoms with Crippen LogP contribution in [-0.2, 0) is 15.7 Å². The zero-order valence-corrected chi connectivity index (χ0v) is 14.3. The van der Waals surface area contributed by atoms with Crippen LogP contribution in [0.5, 0.6) is 5.75 Å². The smallest absolute Gasteiger partial charge is 0.416 e. The highest BCUT2D eigenvalue weighted by atomic mass is 19.4. The van der Waals surface area contributed by atoms with Gasteiger partial charge in [0.25, 0.3) is 5.91 Å². The number of amides is 1. The lowest BCUT2D eigenvalue weighted by molar-refractivity contribution is -0.141. The van der Waals surface area contributed by atoms with E-state index in [1.54, 1.807) is 24.3 Å². The predicted octanol–water partition coefficient (Wildman–Crippen LogP) is 3.68. The van der Waals surface area contributed by atoms with Crippen molar-refractivity contribution in [3.63, 3.8) is 0 Å². The number of fused-ring (bicyclic) bond motifs is 1. The average Bonchev–Trinajstić information content (AvgIpc) is 2.66. The fraction of sp³-hybridized carbons (Fsp3) is 0.263. The minimum absolute atomic E-state index is 0.0246. The topological polar surface area (TPSA) is 55.8 Å². The van der Waals surface area contributed by atoms with Gasteiger partial charge in [-0.05, 0) is 30.3 Å². The van der Waals surface area contributed by atoms with Crippen molar-refractivity contribution < 1.29 is 32.2 Å². The van der Waals surface area contributed by atoms with Crippen molar-refractivity contribution in [2.75, 3.05) is 18.6 Å². The molecule has 0 spiro atoms. The van der Waals surface area contributed by atoms with E-state index in [1.807, 2.05) is 0 Å². The van der Waals surface area contributed by atoms with E-state index < -0.39 is 29.7 Å². The lowest BCUT2D eigenvalue weighted by Gasteiger charge is -2.36. The van der Waals surface area contributed by atoms with Crippen LogP contribution in [0.2, 0.25) is 0 Å². The maximum absolute atomic E-state index is 13.1. The van der Waals surface area contributed by atoms with Crippen LogP contribution in [0.25, 0.3) is 0 Å². The normalized spacial score (nSPS) is 16.3. The van der Waals surface area contributed by atoms with Crippen molar-refractivity contribution in [1.29, 1.82) is 0 Å². The SMILES string of the molecule is COC(=O)C[C@@H]1COc2ccccc2N1C(=O)c1cccc(C(F)(F)F)c1. The van der Waals surface area contributed by atoms with Gasteiger partial charge in [-0.3, -0.25) is 14.5 Å².